The summed E-state index contributed by atoms with van der Waals surface area (Å²) in [5, 5.41) is 9.08. The van der Waals surface area contributed by atoms with Crippen molar-refractivity contribution in [3.05, 3.63) is 52.0 Å². The zero-order valence-corrected chi connectivity index (χ0v) is 16.7. The van der Waals surface area contributed by atoms with E-state index in [1.54, 1.807) is 31.1 Å². The second kappa shape index (κ2) is 8.85. The number of aliphatic carboxylic acids is 1. The summed E-state index contributed by atoms with van der Waals surface area (Å²) in [5.41, 5.74) is 3.38. The highest BCUT2D eigenvalue weighted by Gasteiger charge is 2.16. The van der Waals surface area contributed by atoms with E-state index in [0.717, 1.165) is 21.2 Å². The van der Waals surface area contributed by atoms with E-state index in [1.165, 1.54) is 0 Å². The molecule has 2 aromatic carbocycles. The molecule has 0 atom stereocenters. The van der Waals surface area contributed by atoms with Crippen LogP contribution in [0.4, 0.5) is 0 Å². The van der Waals surface area contributed by atoms with Crippen molar-refractivity contribution in [3.63, 3.8) is 0 Å². The van der Waals surface area contributed by atoms with Gasteiger partial charge in [-0.25, -0.2) is 0 Å². The van der Waals surface area contributed by atoms with E-state index in [9.17, 15) is 9.59 Å². The Hall–Kier alpha value is -2.34. The minimum Gasteiger partial charge on any atom is -0.496 e. The number of nitrogens with zero attached hydrogens (tertiary/aromatic N) is 1. The molecule has 0 aliphatic rings. The topological polar surface area (TPSA) is 66.8 Å². The number of methoxy groups -OCH3 is 1. The number of hydrogen-bond donors (Lipinski definition) is 1. The minimum atomic E-state index is -0.883. The molecule has 26 heavy (non-hydrogen) atoms. The lowest BCUT2D eigenvalue weighted by molar-refractivity contribution is -0.136. The summed E-state index contributed by atoms with van der Waals surface area (Å²) in [7, 11) is 1.59. The summed E-state index contributed by atoms with van der Waals surface area (Å²) in [6, 6.07) is 11.2. The molecule has 0 bridgehead atoms. The van der Waals surface area contributed by atoms with Gasteiger partial charge in [0, 0.05) is 30.0 Å². The third-order valence-electron chi connectivity index (χ3n) is 4.16. The molecule has 6 heteroatoms. The summed E-state index contributed by atoms with van der Waals surface area (Å²) in [5.74, 6) is -0.218. The highest BCUT2D eigenvalue weighted by atomic mass is 79.9. The number of carbonyl (C=O) groups excluding carboxylic acids is 1. The van der Waals surface area contributed by atoms with Crippen LogP contribution in [0.25, 0.3) is 11.1 Å². The standard InChI is InChI=1S/C20H22BrNO4/c1-4-22(13(2)23)12-15-11-16(21)6-7-17(15)18-9-14(10-20(24)25)5-8-19(18)26-3/h5-9,11H,4,10,12H2,1-3H3,(H,24,25). The average molecular weight is 420 g/mol. The van der Waals surface area contributed by atoms with E-state index in [4.69, 9.17) is 9.84 Å². The van der Waals surface area contributed by atoms with Crippen molar-refractivity contribution >= 4 is 27.8 Å². The van der Waals surface area contributed by atoms with E-state index in [2.05, 4.69) is 15.9 Å². The first-order valence-electron chi connectivity index (χ1n) is 8.28. The molecule has 0 radical (unpaired) electrons. The first-order chi connectivity index (χ1) is 12.3. The maximum absolute atomic E-state index is 11.8. The maximum atomic E-state index is 11.8. The Balaban J connectivity index is 2.56. The van der Waals surface area contributed by atoms with Crippen LogP contribution >= 0.6 is 15.9 Å². The fraction of sp³-hybridized carbons (Fsp3) is 0.300. The summed E-state index contributed by atoms with van der Waals surface area (Å²) < 4.78 is 6.40. The van der Waals surface area contributed by atoms with Gasteiger partial charge in [0.05, 0.1) is 13.5 Å². The second-order valence-corrected chi connectivity index (χ2v) is 6.86. The van der Waals surface area contributed by atoms with Crippen LogP contribution in [-0.2, 0) is 22.6 Å². The third kappa shape index (κ3) is 4.85. The van der Waals surface area contributed by atoms with Gasteiger partial charge in [-0.1, -0.05) is 28.1 Å². The van der Waals surface area contributed by atoms with Crippen LogP contribution in [0.2, 0.25) is 0 Å². The number of carboxylic acid groups (broad SMARTS) is 1. The van der Waals surface area contributed by atoms with Crippen molar-refractivity contribution in [2.24, 2.45) is 0 Å². The Labute approximate surface area is 161 Å². The van der Waals surface area contributed by atoms with E-state index in [-0.39, 0.29) is 12.3 Å². The molecule has 0 aromatic heterocycles. The number of rotatable bonds is 7. The number of benzene rings is 2. The number of hydrogen-bond acceptors (Lipinski definition) is 3. The van der Waals surface area contributed by atoms with Gasteiger partial charge in [0.1, 0.15) is 5.75 Å². The van der Waals surface area contributed by atoms with Crippen LogP contribution in [0, 0.1) is 0 Å². The molecule has 138 valence electrons. The van der Waals surface area contributed by atoms with Crippen molar-refractivity contribution < 1.29 is 19.4 Å². The quantitative estimate of drug-likeness (QED) is 0.732. The summed E-state index contributed by atoms with van der Waals surface area (Å²) in [4.78, 5) is 24.6. The average Bonchev–Trinajstić information content (AvgIpc) is 2.59. The zero-order valence-electron chi connectivity index (χ0n) is 15.1. The van der Waals surface area contributed by atoms with Crippen molar-refractivity contribution in [1.82, 2.24) is 4.90 Å². The fourth-order valence-corrected chi connectivity index (χ4v) is 3.27. The van der Waals surface area contributed by atoms with Crippen LogP contribution in [-0.4, -0.2) is 35.5 Å². The van der Waals surface area contributed by atoms with E-state index >= 15 is 0 Å². The molecular formula is C20H22BrNO4. The van der Waals surface area contributed by atoms with E-state index < -0.39 is 5.97 Å². The second-order valence-electron chi connectivity index (χ2n) is 5.94. The van der Waals surface area contributed by atoms with E-state index in [1.807, 2.05) is 31.2 Å². The molecule has 0 heterocycles. The molecule has 2 rings (SSSR count). The minimum absolute atomic E-state index is 0.00465. The molecule has 0 spiro atoms. The van der Waals surface area contributed by atoms with Gasteiger partial charge in [0.25, 0.3) is 0 Å². The fourth-order valence-electron chi connectivity index (χ4n) is 2.86. The molecule has 0 aliphatic heterocycles. The van der Waals surface area contributed by atoms with Crippen LogP contribution in [0.15, 0.2) is 40.9 Å². The van der Waals surface area contributed by atoms with Gasteiger partial charge in [-0.05, 0) is 47.9 Å². The number of carbonyl (C=O) groups is 2. The largest absolute Gasteiger partial charge is 0.496 e. The lowest BCUT2D eigenvalue weighted by Gasteiger charge is -2.22. The zero-order chi connectivity index (χ0) is 19.3. The Morgan fingerprint density at radius 1 is 1.15 bits per heavy atom. The molecule has 2 aromatic rings. The molecular weight excluding hydrogens is 398 g/mol. The third-order valence-corrected chi connectivity index (χ3v) is 4.66. The summed E-state index contributed by atoms with van der Waals surface area (Å²) >= 11 is 3.49. The van der Waals surface area contributed by atoms with Crippen LogP contribution in [0.5, 0.6) is 5.75 Å². The van der Waals surface area contributed by atoms with Crippen LogP contribution < -0.4 is 4.74 Å². The number of ether oxygens (including phenoxy) is 1. The number of amides is 1. The molecule has 0 saturated carbocycles. The van der Waals surface area contributed by atoms with Crippen LogP contribution in [0.1, 0.15) is 25.0 Å². The highest BCUT2D eigenvalue weighted by molar-refractivity contribution is 9.10. The molecule has 1 N–H and O–H groups in total. The molecule has 0 fully saturated rings. The number of halogens is 1. The first kappa shape index (κ1) is 20.0. The van der Waals surface area contributed by atoms with E-state index in [0.29, 0.717) is 24.4 Å². The molecule has 1 amide bonds. The monoisotopic (exact) mass is 419 g/mol. The summed E-state index contributed by atoms with van der Waals surface area (Å²) in [6.45, 7) is 4.56. The highest BCUT2D eigenvalue weighted by Crippen LogP contribution is 2.35. The normalized spacial score (nSPS) is 10.5. The number of carboxylic acids is 1. The van der Waals surface area contributed by atoms with Crippen molar-refractivity contribution in [3.8, 4) is 16.9 Å². The van der Waals surface area contributed by atoms with Gasteiger partial charge in [-0.3, -0.25) is 9.59 Å². The smallest absolute Gasteiger partial charge is 0.307 e. The predicted octanol–water partition coefficient (Wildman–Crippen LogP) is 4.12. The molecule has 5 nitrogen and oxygen atoms in total. The Morgan fingerprint density at radius 3 is 2.46 bits per heavy atom. The Bertz CT molecular complexity index is 819. The molecule has 0 unspecified atom stereocenters. The predicted molar refractivity (Wildman–Crippen MR) is 104 cm³/mol. The van der Waals surface area contributed by atoms with Gasteiger partial charge >= 0.3 is 5.97 Å². The van der Waals surface area contributed by atoms with Gasteiger partial charge in [-0.2, -0.15) is 0 Å². The van der Waals surface area contributed by atoms with Crippen molar-refractivity contribution in [2.45, 2.75) is 26.8 Å². The lowest BCUT2D eigenvalue weighted by atomic mass is 9.96. The molecule has 0 saturated heterocycles. The van der Waals surface area contributed by atoms with Gasteiger partial charge in [-0.15, -0.1) is 0 Å². The van der Waals surface area contributed by atoms with Crippen molar-refractivity contribution in [1.29, 1.82) is 0 Å². The first-order valence-corrected chi connectivity index (χ1v) is 9.08. The van der Waals surface area contributed by atoms with Crippen LogP contribution in [0.3, 0.4) is 0 Å². The van der Waals surface area contributed by atoms with Gasteiger partial charge < -0.3 is 14.7 Å². The Morgan fingerprint density at radius 2 is 1.88 bits per heavy atom. The van der Waals surface area contributed by atoms with Gasteiger partial charge in [0.15, 0.2) is 0 Å². The molecule has 0 aliphatic carbocycles. The maximum Gasteiger partial charge on any atom is 0.307 e. The summed E-state index contributed by atoms with van der Waals surface area (Å²) in [6.07, 6.45) is -0.0581. The Kier molecular flexibility index (Phi) is 6.80. The van der Waals surface area contributed by atoms with Crippen molar-refractivity contribution in [2.75, 3.05) is 13.7 Å². The van der Waals surface area contributed by atoms with Gasteiger partial charge in [0.2, 0.25) is 5.91 Å². The SMILES string of the molecule is CCN(Cc1cc(Br)ccc1-c1cc(CC(=O)O)ccc1OC)C(C)=O. The lowest BCUT2D eigenvalue weighted by Crippen LogP contribution is -2.28.